The molecule has 0 radical (unpaired) electrons. The molecule has 150 valence electrons. The predicted molar refractivity (Wildman–Crippen MR) is 116 cm³/mol. The molecule has 1 aliphatic carbocycles. The number of ether oxygens (including phenoxy) is 1. The van der Waals surface area contributed by atoms with Crippen LogP contribution in [0.2, 0.25) is 0 Å². The highest BCUT2D eigenvalue weighted by molar-refractivity contribution is 5.68. The minimum absolute atomic E-state index is 0.858. The SMILES string of the molecule is COc1ccc(-c2cc(NCCCC3CCCNC3)c3c(n2)CCCC3)cc1. The molecule has 2 heterocycles. The zero-order valence-electron chi connectivity index (χ0n) is 17.1. The summed E-state index contributed by atoms with van der Waals surface area (Å²) in [5.41, 5.74) is 6.27. The first-order valence-corrected chi connectivity index (χ1v) is 11.0. The van der Waals surface area contributed by atoms with Crippen LogP contribution in [0.4, 0.5) is 5.69 Å². The molecule has 0 bridgehead atoms. The molecule has 1 saturated heterocycles. The number of nitrogens with one attached hydrogen (secondary N) is 2. The van der Waals surface area contributed by atoms with Gasteiger partial charge in [0.05, 0.1) is 12.8 Å². The Morgan fingerprint density at radius 2 is 2.00 bits per heavy atom. The third-order valence-electron chi connectivity index (χ3n) is 6.19. The molecule has 0 amide bonds. The molecule has 1 fully saturated rings. The number of hydrogen-bond donors (Lipinski definition) is 2. The van der Waals surface area contributed by atoms with Crippen LogP contribution < -0.4 is 15.4 Å². The van der Waals surface area contributed by atoms with E-state index in [2.05, 4.69) is 28.8 Å². The van der Waals surface area contributed by atoms with Crippen LogP contribution in [0.1, 0.15) is 49.8 Å². The monoisotopic (exact) mass is 379 g/mol. The van der Waals surface area contributed by atoms with Crippen molar-refractivity contribution in [1.29, 1.82) is 0 Å². The van der Waals surface area contributed by atoms with Crippen molar-refractivity contribution in [2.75, 3.05) is 32.1 Å². The minimum Gasteiger partial charge on any atom is -0.497 e. The Kier molecular flexibility index (Phi) is 6.48. The fourth-order valence-corrected chi connectivity index (χ4v) is 4.56. The van der Waals surface area contributed by atoms with E-state index in [1.54, 1.807) is 7.11 Å². The molecule has 28 heavy (non-hydrogen) atoms. The first kappa shape index (κ1) is 19.3. The van der Waals surface area contributed by atoms with E-state index in [0.29, 0.717) is 0 Å². The van der Waals surface area contributed by atoms with E-state index in [1.165, 1.54) is 68.6 Å². The number of anilines is 1. The molecule has 1 aliphatic heterocycles. The molecule has 2 N–H and O–H groups in total. The van der Waals surface area contributed by atoms with E-state index >= 15 is 0 Å². The Hall–Kier alpha value is -2.07. The van der Waals surface area contributed by atoms with Crippen molar-refractivity contribution in [3.05, 3.63) is 41.6 Å². The summed E-state index contributed by atoms with van der Waals surface area (Å²) in [5.74, 6) is 1.74. The number of aryl methyl sites for hydroxylation is 1. The number of rotatable bonds is 7. The summed E-state index contributed by atoms with van der Waals surface area (Å²) in [7, 11) is 1.71. The number of fused-ring (bicyclic) bond motifs is 1. The van der Waals surface area contributed by atoms with Crippen LogP contribution in [0.15, 0.2) is 30.3 Å². The van der Waals surface area contributed by atoms with Crippen molar-refractivity contribution >= 4 is 5.69 Å². The van der Waals surface area contributed by atoms with Crippen molar-refractivity contribution in [3.63, 3.8) is 0 Å². The first-order valence-electron chi connectivity index (χ1n) is 11.0. The Bertz CT molecular complexity index is 766. The number of pyridine rings is 1. The fourth-order valence-electron chi connectivity index (χ4n) is 4.56. The Morgan fingerprint density at radius 3 is 2.79 bits per heavy atom. The van der Waals surface area contributed by atoms with Gasteiger partial charge in [0, 0.05) is 23.5 Å². The molecule has 2 aromatic rings. The highest BCUT2D eigenvalue weighted by Gasteiger charge is 2.17. The summed E-state index contributed by atoms with van der Waals surface area (Å²) in [6.07, 6.45) is 10.1. The van der Waals surface area contributed by atoms with Gasteiger partial charge in [0.2, 0.25) is 0 Å². The second-order valence-corrected chi connectivity index (χ2v) is 8.20. The van der Waals surface area contributed by atoms with Gasteiger partial charge in [-0.2, -0.15) is 0 Å². The number of hydrogen-bond acceptors (Lipinski definition) is 4. The van der Waals surface area contributed by atoms with Gasteiger partial charge in [-0.25, -0.2) is 0 Å². The fraction of sp³-hybridized carbons (Fsp3) is 0.542. The van der Waals surface area contributed by atoms with Crippen LogP contribution in [0.25, 0.3) is 11.3 Å². The lowest BCUT2D eigenvalue weighted by Crippen LogP contribution is -2.29. The zero-order valence-corrected chi connectivity index (χ0v) is 17.1. The molecule has 0 spiro atoms. The van der Waals surface area contributed by atoms with Gasteiger partial charge in [0.15, 0.2) is 0 Å². The van der Waals surface area contributed by atoms with Crippen molar-refractivity contribution in [1.82, 2.24) is 10.3 Å². The molecular formula is C24H33N3O. The maximum atomic E-state index is 5.30. The molecule has 1 atom stereocenters. The lowest BCUT2D eigenvalue weighted by molar-refractivity contribution is 0.353. The normalized spacial score (nSPS) is 19.1. The second kappa shape index (κ2) is 9.42. The third kappa shape index (κ3) is 4.67. The first-order chi connectivity index (χ1) is 13.8. The van der Waals surface area contributed by atoms with Gasteiger partial charge in [-0.05, 0) is 106 Å². The van der Waals surface area contributed by atoms with Crippen molar-refractivity contribution in [3.8, 4) is 17.0 Å². The number of benzene rings is 1. The number of aromatic nitrogens is 1. The Labute approximate surface area is 169 Å². The van der Waals surface area contributed by atoms with E-state index in [1.807, 2.05) is 12.1 Å². The standard InChI is InChI=1S/C24H33N3O/c1-28-20-12-10-19(11-13-20)23-16-24(21-8-2-3-9-22(21)27-23)26-15-5-7-18-6-4-14-25-17-18/h10-13,16,18,25H,2-9,14-15,17H2,1H3,(H,26,27). The third-order valence-corrected chi connectivity index (χ3v) is 6.19. The maximum Gasteiger partial charge on any atom is 0.118 e. The Morgan fingerprint density at radius 1 is 1.14 bits per heavy atom. The van der Waals surface area contributed by atoms with Crippen LogP contribution in [0, 0.1) is 5.92 Å². The van der Waals surface area contributed by atoms with Gasteiger partial charge in [-0.1, -0.05) is 0 Å². The van der Waals surface area contributed by atoms with Crippen molar-refractivity contribution < 1.29 is 4.74 Å². The van der Waals surface area contributed by atoms with Crippen LogP contribution in [0.5, 0.6) is 5.75 Å². The van der Waals surface area contributed by atoms with Crippen molar-refractivity contribution in [2.24, 2.45) is 5.92 Å². The van der Waals surface area contributed by atoms with Gasteiger partial charge in [0.1, 0.15) is 5.75 Å². The molecular weight excluding hydrogens is 346 g/mol. The van der Waals surface area contributed by atoms with Crippen LogP contribution >= 0.6 is 0 Å². The maximum absolute atomic E-state index is 5.30. The van der Waals surface area contributed by atoms with Crippen LogP contribution in [-0.2, 0) is 12.8 Å². The summed E-state index contributed by atoms with van der Waals surface area (Å²) in [5, 5.41) is 7.29. The highest BCUT2D eigenvalue weighted by Crippen LogP contribution is 2.32. The molecule has 1 unspecified atom stereocenters. The molecule has 4 rings (SSSR count). The Balaban J connectivity index is 1.46. The number of piperidine rings is 1. The van der Waals surface area contributed by atoms with Crippen molar-refractivity contribution in [2.45, 2.75) is 51.4 Å². The predicted octanol–water partition coefficient (Wildman–Crippen LogP) is 4.83. The average Bonchev–Trinajstić information content (AvgIpc) is 2.77. The largest absolute Gasteiger partial charge is 0.497 e. The van der Waals surface area contributed by atoms with Gasteiger partial charge in [0.25, 0.3) is 0 Å². The van der Waals surface area contributed by atoms with Crippen LogP contribution in [0.3, 0.4) is 0 Å². The van der Waals surface area contributed by atoms with E-state index < -0.39 is 0 Å². The quantitative estimate of drug-likeness (QED) is 0.677. The van der Waals surface area contributed by atoms with Gasteiger partial charge >= 0.3 is 0 Å². The smallest absolute Gasteiger partial charge is 0.118 e. The minimum atomic E-state index is 0.858. The van der Waals surface area contributed by atoms with E-state index in [9.17, 15) is 0 Å². The molecule has 4 nitrogen and oxygen atoms in total. The summed E-state index contributed by atoms with van der Waals surface area (Å²) in [6, 6.07) is 10.5. The van der Waals surface area contributed by atoms with E-state index in [4.69, 9.17) is 9.72 Å². The summed E-state index contributed by atoms with van der Waals surface area (Å²) >= 11 is 0. The zero-order chi connectivity index (χ0) is 19.2. The van der Waals surface area contributed by atoms with Crippen LogP contribution in [-0.4, -0.2) is 31.7 Å². The van der Waals surface area contributed by atoms with Gasteiger partial charge in [-0.3, -0.25) is 4.98 Å². The topological polar surface area (TPSA) is 46.2 Å². The molecule has 1 aromatic carbocycles. The van der Waals surface area contributed by atoms with Gasteiger partial charge < -0.3 is 15.4 Å². The highest BCUT2D eigenvalue weighted by atomic mass is 16.5. The number of nitrogens with zero attached hydrogens (tertiary/aromatic N) is 1. The van der Waals surface area contributed by atoms with E-state index in [0.717, 1.165) is 42.3 Å². The van der Waals surface area contributed by atoms with Gasteiger partial charge in [-0.15, -0.1) is 0 Å². The number of methoxy groups -OCH3 is 1. The summed E-state index contributed by atoms with van der Waals surface area (Å²) in [4.78, 5) is 5.01. The molecule has 1 aromatic heterocycles. The lowest BCUT2D eigenvalue weighted by atomic mass is 9.93. The summed E-state index contributed by atoms with van der Waals surface area (Å²) in [6.45, 7) is 3.45. The molecule has 4 heteroatoms. The molecule has 0 saturated carbocycles. The lowest BCUT2D eigenvalue weighted by Gasteiger charge is -2.23. The summed E-state index contributed by atoms with van der Waals surface area (Å²) < 4.78 is 5.30. The average molecular weight is 380 g/mol. The van der Waals surface area contributed by atoms with E-state index in [-0.39, 0.29) is 0 Å². The molecule has 2 aliphatic rings. The second-order valence-electron chi connectivity index (χ2n) is 8.20.